The highest BCUT2D eigenvalue weighted by atomic mass is 32.1. The van der Waals surface area contributed by atoms with Gasteiger partial charge in [-0.1, -0.05) is 176 Å². The standard InChI is InChI=1S/C55H34N4S/c1-3-14-35(15-4-1)42-31-30-41(33-50(42)59-48-24-11-9-20-44(48)45-21-10-12-25-49(45)59)55-57-53(37-16-5-2-6-17-37)56-54(58-55)38-28-26-36(27-29-38)43-22-13-23-46-47-32-39-18-7-8-19-40(39)34-51(47)60-52(43)46/h1-34H. The van der Waals surface area contributed by atoms with Crippen LogP contribution >= 0.6 is 11.3 Å². The lowest BCUT2D eigenvalue weighted by molar-refractivity contribution is 1.07. The molecule has 12 rings (SSSR count). The Morgan fingerprint density at radius 1 is 0.333 bits per heavy atom. The van der Waals surface area contributed by atoms with Crippen LogP contribution in [0.1, 0.15) is 0 Å². The molecule has 0 unspecified atom stereocenters. The number of hydrogen-bond acceptors (Lipinski definition) is 4. The Bertz CT molecular complexity index is 3530. The fourth-order valence-electron chi connectivity index (χ4n) is 8.76. The van der Waals surface area contributed by atoms with Crippen molar-refractivity contribution in [1.29, 1.82) is 0 Å². The summed E-state index contributed by atoms with van der Waals surface area (Å²) < 4.78 is 4.98. The van der Waals surface area contributed by atoms with E-state index in [2.05, 4.69) is 193 Å². The van der Waals surface area contributed by atoms with Crippen molar-refractivity contribution >= 4 is 64.1 Å². The SMILES string of the molecule is c1ccc(-c2nc(-c3ccc(-c4cccc5c4sc4cc6ccccc6cc45)cc3)nc(-c3ccc(-c4ccccc4)c(-n4c5ccccc5c5ccccc54)c3)n2)cc1. The van der Waals surface area contributed by atoms with Crippen LogP contribution in [0.4, 0.5) is 0 Å². The number of aromatic nitrogens is 4. The number of benzene rings is 9. The van der Waals surface area contributed by atoms with E-state index in [1.54, 1.807) is 0 Å². The molecule has 280 valence electrons. The van der Waals surface area contributed by atoms with Crippen LogP contribution < -0.4 is 0 Å². The zero-order chi connectivity index (χ0) is 39.6. The first-order valence-electron chi connectivity index (χ1n) is 20.2. The molecule has 0 aliphatic rings. The van der Waals surface area contributed by atoms with Gasteiger partial charge in [-0.05, 0) is 57.8 Å². The molecule has 0 saturated carbocycles. The predicted octanol–water partition coefficient (Wildman–Crippen LogP) is 14.8. The van der Waals surface area contributed by atoms with Crippen molar-refractivity contribution in [2.45, 2.75) is 0 Å². The summed E-state index contributed by atoms with van der Waals surface area (Å²) in [6.07, 6.45) is 0. The third-order valence-electron chi connectivity index (χ3n) is 11.6. The van der Waals surface area contributed by atoms with Gasteiger partial charge in [0.15, 0.2) is 17.5 Å². The zero-order valence-electron chi connectivity index (χ0n) is 32.3. The Labute approximate surface area is 350 Å². The van der Waals surface area contributed by atoms with Gasteiger partial charge in [0.2, 0.25) is 0 Å². The van der Waals surface area contributed by atoms with Crippen molar-refractivity contribution < 1.29 is 0 Å². The van der Waals surface area contributed by atoms with Gasteiger partial charge in [-0.2, -0.15) is 0 Å². The number of thiophene rings is 1. The number of nitrogens with zero attached hydrogens (tertiary/aromatic N) is 4. The third kappa shape index (κ3) is 5.70. The monoisotopic (exact) mass is 782 g/mol. The minimum absolute atomic E-state index is 0.618. The summed E-state index contributed by atoms with van der Waals surface area (Å²) in [5.41, 5.74) is 10.8. The Morgan fingerprint density at radius 3 is 1.52 bits per heavy atom. The molecule has 0 atom stereocenters. The van der Waals surface area contributed by atoms with Crippen LogP contribution in [0.2, 0.25) is 0 Å². The van der Waals surface area contributed by atoms with Gasteiger partial charge in [-0.3, -0.25) is 0 Å². The Balaban J connectivity index is 1.01. The summed E-state index contributed by atoms with van der Waals surface area (Å²) in [4.78, 5) is 15.5. The van der Waals surface area contributed by atoms with Gasteiger partial charge >= 0.3 is 0 Å². The highest BCUT2D eigenvalue weighted by Gasteiger charge is 2.19. The number of hydrogen-bond donors (Lipinski definition) is 0. The lowest BCUT2D eigenvalue weighted by atomic mass is 10.00. The van der Waals surface area contributed by atoms with E-state index in [1.165, 1.54) is 47.3 Å². The molecule has 3 aromatic heterocycles. The highest BCUT2D eigenvalue weighted by molar-refractivity contribution is 7.26. The van der Waals surface area contributed by atoms with E-state index in [0.29, 0.717) is 17.5 Å². The van der Waals surface area contributed by atoms with Crippen LogP contribution in [0.5, 0.6) is 0 Å². The van der Waals surface area contributed by atoms with Crippen molar-refractivity contribution in [2.24, 2.45) is 0 Å². The first-order chi connectivity index (χ1) is 29.7. The molecular weight excluding hydrogens is 749 g/mol. The van der Waals surface area contributed by atoms with Gasteiger partial charge < -0.3 is 4.57 Å². The second-order valence-corrected chi connectivity index (χ2v) is 16.2. The average molecular weight is 783 g/mol. The smallest absolute Gasteiger partial charge is 0.164 e. The molecule has 0 spiro atoms. The number of rotatable bonds is 6. The van der Waals surface area contributed by atoms with Crippen LogP contribution in [0.15, 0.2) is 206 Å². The van der Waals surface area contributed by atoms with E-state index in [9.17, 15) is 0 Å². The van der Waals surface area contributed by atoms with Crippen molar-refractivity contribution in [2.75, 3.05) is 0 Å². The lowest BCUT2D eigenvalue weighted by Crippen LogP contribution is -2.02. The Morgan fingerprint density at radius 2 is 0.833 bits per heavy atom. The second-order valence-electron chi connectivity index (χ2n) is 15.2. The first-order valence-corrected chi connectivity index (χ1v) is 21.0. The van der Waals surface area contributed by atoms with E-state index in [0.717, 1.165) is 50.1 Å². The summed E-state index contributed by atoms with van der Waals surface area (Å²) >= 11 is 1.86. The van der Waals surface area contributed by atoms with Gasteiger partial charge in [-0.25, -0.2) is 15.0 Å². The molecule has 0 aliphatic heterocycles. The van der Waals surface area contributed by atoms with Crippen LogP contribution in [0, 0.1) is 0 Å². The summed E-state index contributed by atoms with van der Waals surface area (Å²) in [6.45, 7) is 0. The van der Waals surface area contributed by atoms with Crippen molar-refractivity contribution in [3.8, 4) is 62.1 Å². The van der Waals surface area contributed by atoms with Gasteiger partial charge in [-0.15, -0.1) is 11.3 Å². The fourth-order valence-corrected chi connectivity index (χ4v) is 10.0. The molecule has 0 bridgehead atoms. The zero-order valence-corrected chi connectivity index (χ0v) is 33.1. The number of fused-ring (bicyclic) bond motifs is 7. The maximum absolute atomic E-state index is 5.23. The van der Waals surface area contributed by atoms with E-state index in [4.69, 9.17) is 15.0 Å². The third-order valence-corrected chi connectivity index (χ3v) is 12.8. The summed E-state index contributed by atoms with van der Waals surface area (Å²) in [6, 6.07) is 73.3. The van der Waals surface area contributed by atoms with Crippen molar-refractivity contribution in [3.63, 3.8) is 0 Å². The van der Waals surface area contributed by atoms with Crippen LogP contribution in [-0.2, 0) is 0 Å². The topological polar surface area (TPSA) is 43.6 Å². The highest BCUT2D eigenvalue weighted by Crippen LogP contribution is 2.42. The maximum Gasteiger partial charge on any atom is 0.164 e. The van der Waals surface area contributed by atoms with Gasteiger partial charge in [0.1, 0.15) is 0 Å². The molecule has 12 aromatic rings. The minimum atomic E-state index is 0.618. The minimum Gasteiger partial charge on any atom is -0.309 e. The molecule has 60 heavy (non-hydrogen) atoms. The molecule has 0 amide bonds. The molecule has 0 N–H and O–H groups in total. The molecule has 0 aliphatic carbocycles. The predicted molar refractivity (Wildman–Crippen MR) is 252 cm³/mol. The van der Waals surface area contributed by atoms with Crippen LogP contribution in [-0.4, -0.2) is 19.5 Å². The van der Waals surface area contributed by atoms with Crippen LogP contribution in [0.3, 0.4) is 0 Å². The van der Waals surface area contributed by atoms with E-state index < -0.39 is 0 Å². The molecule has 5 heteroatoms. The lowest BCUT2D eigenvalue weighted by Gasteiger charge is -2.16. The van der Waals surface area contributed by atoms with Gasteiger partial charge in [0, 0.05) is 53.2 Å². The quantitative estimate of drug-likeness (QED) is 0.169. The number of para-hydroxylation sites is 2. The van der Waals surface area contributed by atoms with Crippen LogP contribution in [0.25, 0.3) is 115 Å². The normalized spacial score (nSPS) is 11.7. The Kier molecular flexibility index (Phi) is 8.00. The van der Waals surface area contributed by atoms with Gasteiger partial charge in [0.25, 0.3) is 0 Å². The second kappa shape index (κ2) is 14.0. The maximum atomic E-state index is 5.23. The molecule has 4 nitrogen and oxygen atoms in total. The van der Waals surface area contributed by atoms with Crippen molar-refractivity contribution in [3.05, 3.63) is 206 Å². The van der Waals surface area contributed by atoms with E-state index >= 15 is 0 Å². The molecule has 0 saturated heterocycles. The average Bonchev–Trinajstić information content (AvgIpc) is 3.86. The Hall–Kier alpha value is -7.73. The molecule has 9 aromatic carbocycles. The molecule has 0 fully saturated rings. The summed E-state index contributed by atoms with van der Waals surface area (Å²) in [5.74, 6) is 1.88. The molecule has 3 heterocycles. The fraction of sp³-hybridized carbons (Fsp3) is 0. The molecule has 0 radical (unpaired) electrons. The van der Waals surface area contributed by atoms with E-state index in [1.807, 2.05) is 29.5 Å². The molecular formula is C55H34N4S. The van der Waals surface area contributed by atoms with Gasteiger partial charge in [0.05, 0.1) is 16.7 Å². The van der Waals surface area contributed by atoms with E-state index in [-0.39, 0.29) is 0 Å². The summed E-state index contributed by atoms with van der Waals surface area (Å²) in [5, 5.41) is 7.55. The first kappa shape index (κ1) is 34.3. The van der Waals surface area contributed by atoms with Crippen molar-refractivity contribution in [1.82, 2.24) is 19.5 Å². The summed E-state index contributed by atoms with van der Waals surface area (Å²) in [7, 11) is 0. The largest absolute Gasteiger partial charge is 0.309 e.